The normalized spacial score (nSPS) is 22.0. The molecule has 46 heavy (non-hydrogen) atoms. The van der Waals surface area contributed by atoms with Gasteiger partial charge < -0.3 is 34.1 Å². The fraction of sp³-hybridized carbons (Fsp3) is 0.543. The van der Waals surface area contributed by atoms with Crippen molar-refractivity contribution >= 4 is 23.6 Å². The Hall–Kier alpha value is -4.12. The van der Waals surface area contributed by atoms with Crippen LogP contribution in [0, 0.1) is 5.92 Å². The molecule has 2 aliphatic rings. The second-order valence-electron chi connectivity index (χ2n) is 12.0. The molecule has 11 nitrogen and oxygen atoms in total. The lowest BCUT2D eigenvalue weighted by Gasteiger charge is -2.40. The summed E-state index contributed by atoms with van der Waals surface area (Å²) < 4.78 is 22.3. The third kappa shape index (κ3) is 8.17. The molecule has 1 heterocycles. The van der Waals surface area contributed by atoms with Gasteiger partial charge in [0.15, 0.2) is 18.1 Å². The number of nitrogens with zero attached hydrogens (tertiary/aromatic N) is 1. The summed E-state index contributed by atoms with van der Waals surface area (Å²) in [4.78, 5) is 53.4. The van der Waals surface area contributed by atoms with Gasteiger partial charge in [0.25, 0.3) is 11.7 Å². The Balaban J connectivity index is 1.57. The van der Waals surface area contributed by atoms with Crippen molar-refractivity contribution in [2.24, 2.45) is 5.92 Å². The number of aryl methyl sites for hydroxylation is 1. The largest absolute Gasteiger partial charge is 0.493 e. The van der Waals surface area contributed by atoms with Gasteiger partial charge >= 0.3 is 11.9 Å². The number of piperidine rings is 1. The first-order chi connectivity index (χ1) is 22.1. The van der Waals surface area contributed by atoms with Gasteiger partial charge in [0.1, 0.15) is 23.5 Å². The van der Waals surface area contributed by atoms with Crippen molar-refractivity contribution in [2.45, 2.75) is 88.9 Å². The Kier molecular flexibility index (Phi) is 12.0. The van der Waals surface area contributed by atoms with E-state index >= 15 is 0 Å². The van der Waals surface area contributed by atoms with Gasteiger partial charge in [0.2, 0.25) is 0 Å². The van der Waals surface area contributed by atoms with Crippen molar-refractivity contribution in [3.05, 3.63) is 53.6 Å². The van der Waals surface area contributed by atoms with E-state index in [1.165, 1.54) is 4.90 Å². The molecule has 4 atom stereocenters. The van der Waals surface area contributed by atoms with Crippen LogP contribution >= 0.6 is 0 Å². The molecular weight excluding hydrogens is 594 g/mol. The van der Waals surface area contributed by atoms with Gasteiger partial charge in [0.05, 0.1) is 14.2 Å². The van der Waals surface area contributed by atoms with E-state index in [0.29, 0.717) is 74.2 Å². The number of ether oxygens (including phenoxy) is 4. The molecule has 2 aromatic carbocycles. The monoisotopic (exact) mass is 639 g/mol. The summed E-state index contributed by atoms with van der Waals surface area (Å²) in [6.07, 6.45) is 4.73. The molecule has 1 saturated carbocycles. The molecule has 2 fully saturated rings. The number of carbonyl (C=O) groups excluding carboxylic acids is 3. The molecule has 1 saturated heterocycles. The highest BCUT2D eigenvalue weighted by molar-refractivity contribution is 6.39. The van der Waals surface area contributed by atoms with Gasteiger partial charge in [-0.05, 0) is 86.3 Å². The Morgan fingerprint density at radius 1 is 0.978 bits per heavy atom. The summed E-state index contributed by atoms with van der Waals surface area (Å²) in [5.41, 5.74) is -0.235. The van der Waals surface area contributed by atoms with Crippen LogP contribution in [0.25, 0.3) is 0 Å². The minimum atomic E-state index is -1.73. The highest BCUT2D eigenvalue weighted by Crippen LogP contribution is 2.38. The van der Waals surface area contributed by atoms with Crippen molar-refractivity contribution in [2.75, 3.05) is 27.4 Å². The number of Topliss-reactive ketones (excluding diaryl/α,β-unsaturated/α-hetero) is 1. The van der Waals surface area contributed by atoms with E-state index < -0.39 is 48.0 Å². The van der Waals surface area contributed by atoms with Crippen LogP contribution in [0.1, 0.15) is 81.9 Å². The highest BCUT2D eigenvalue weighted by Gasteiger charge is 2.50. The second kappa shape index (κ2) is 15.9. The molecule has 1 aliphatic heterocycles. The Labute approximate surface area is 269 Å². The van der Waals surface area contributed by atoms with E-state index in [9.17, 15) is 24.3 Å². The third-order valence-electron chi connectivity index (χ3n) is 9.15. The number of aliphatic hydroxyl groups is 1. The van der Waals surface area contributed by atoms with Crippen molar-refractivity contribution in [3.63, 3.8) is 0 Å². The van der Waals surface area contributed by atoms with Crippen molar-refractivity contribution in [3.8, 4) is 17.2 Å². The number of hydrogen-bond donors (Lipinski definition) is 2. The van der Waals surface area contributed by atoms with Crippen LogP contribution in [-0.2, 0) is 30.3 Å². The van der Waals surface area contributed by atoms with E-state index in [0.717, 1.165) is 12.0 Å². The first kappa shape index (κ1) is 34.7. The molecule has 250 valence electrons. The van der Waals surface area contributed by atoms with Gasteiger partial charge in [-0.25, -0.2) is 9.59 Å². The number of hydrogen-bond acceptors (Lipinski definition) is 9. The Morgan fingerprint density at radius 3 is 2.46 bits per heavy atom. The van der Waals surface area contributed by atoms with Gasteiger partial charge in [-0.3, -0.25) is 9.59 Å². The number of carbonyl (C=O) groups is 4. The number of likely N-dealkylation sites (tertiary alicyclic amines) is 1. The van der Waals surface area contributed by atoms with Gasteiger partial charge in [0, 0.05) is 6.54 Å². The number of rotatable bonds is 14. The minimum Gasteiger partial charge on any atom is -0.493 e. The van der Waals surface area contributed by atoms with Crippen LogP contribution < -0.4 is 14.2 Å². The fourth-order valence-corrected chi connectivity index (χ4v) is 6.60. The average molecular weight is 640 g/mol. The quantitative estimate of drug-likeness (QED) is 0.221. The lowest BCUT2D eigenvalue weighted by molar-refractivity contribution is -0.169. The smallest absolute Gasteiger partial charge is 0.341 e. The lowest BCUT2D eigenvalue weighted by atomic mass is 9.71. The second-order valence-corrected chi connectivity index (χ2v) is 12.0. The zero-order chi connectivity index (χ0) is 33.3. The molecule has 0 unspecified atom stereocenters. The molecule has 0 bridgehead atoms. The molecular formula is C35H45NO10. The van der Waals surface area contributed by atoms with Crippen LogP contribution in [0.15, 0.2) is 42.5 Å². The van der Waals surface area contributed by atoms with E-state index in [2.05, 4.69) is 0 Å². The standard InChI is InChI=1S/C35H45NO10/c1-4-25-11-5-7-18-35(25,42)32(39)33(40)36-19-8-6-13-27(36)34(41)46-28(24-10-9-12-26(21-24)45-22-31(37)38)16-14-23-15-17-29(43-2)30(20-23)44-3/h9-10,12,15,17,20-21,25,27-28,42H,4-8,11,13-14,16,18-19,22H2,1-3H3,(H,37,38)/t25-,27-,28+,35+/m0/s1. The molecule has 2 N–H and O–H groups in total. The Bertz CT molecular complexity index is 1390. The summed E-state index contributed by atoms with van der Waals surface area (Å²) in [7, 11) is 3.10. The molecule has 11 heteroatoms. The van der Waals surface area contributed by atoms with Crippen LogP contribution in [-0.4, -0.2) is 77.8 Å². The minimum absolute atomic E-state index is 0.214. The number of carboxylic acid groups (broad SMARTS) is 1. The van der Waals surface area contributed by atoms with Crippen molar-refractivity contribution in [1.29, 1.82) is 0 Å². The molecule has 0 radical (unpaired) electrons. The molecule has 4 rings (SSSR count). The third-order valence-corrected chi connectivity index (χ3v) is 9.15. The number of benzene rings is 2. The summed E-state index contributed by atoms with van der Waals surface area (Å²) in [6, 6.07) is 11.2. The predicted octanol–water partition coefficient (Wildman–Crippen LogP) is 4.67. The summed E-state index contributed by atoms with van der Waals surface area (Å²) >= 11 is 0. The van der Waals surface area contributed by atoms with Gasteiger partial charge in [-0.1, -0.05) is 44.4 Å². The first-order valence-electron chi connectivity index (χ1n) is 16.0. The van der Waals surface area contributed by atoms with E-state index in [-0.39, 0.29) is 18.9 Å². The number of carboxylic acids is 1. The lowest BCUT2D eigenvalue weighted by Crippen LogP contribution is -2.58. The number of aliphatic carboxylic acids is 1. The zero-order valence-electron chi connectivity index (χ0n) is 26.9. The fourth-order valence-electron chi connectivity index (χ4n) is 6.60. The molecule has 2 aromatic rings. The number of methoxy groups -OCH3 is 2. The van der Waals surface area contributed by atoms with Crippen LogP contribution in [0.3, 0.4) is 0 Å². The van der Waals surface area contributed by atoms with Gasteiger partial charge in [-0.15, -0.1) is 0 Å². The zero-order valence-corrected chi connectivity index (χ0v) is 26.9. The molecule has 1 aliphatic carbocycles. The molecule has 0 aromatic heterocycles. The first-order valence-corrected chi connectivity index (χ1v) is 16.0. The molecule has 0 spiro atoms. The predicted molar refractivity (Wildman–Crippen MR) is 168 cm³/mol. The SMILES string of the molecule is CC[C@H]1CCCC[C@]1(O)C(=O)C(=O)N1CCCC[C@H]1C(=O)O[C@H](CCc1ccc(OC)c(OC)c1)c1cccc(OCC(=O)O)c1. The average Bonchev–Trinajstić information content (AvgIpc) is 3.08. The van der Waals surface area contributed by atoms with Gasteiger partial charge in [-0.2, -0.15) is 0 Å². The summed E-state index contributed by atoms with van der Waals surface area (Å²) in [5.74, 6) is -2.30. The molecule has 1 amide bonds. The highest BCUT2D eigenvalue weighted by atomic mass is 16.5. The van der Waals surface area contributed by atoms with Crippen molar-refractivity contribution in [1.82, 2.24) is 4.90 Å². The van der Waals surface area contributed by atoms with E-state index in [4.69, 9.17) is 24.1 Å². The van der Waals surface area contributed by atoms with E-state index in [1.807, 2.05) is 19.1 Å². The maximum atomic E-state index is 13.9. The Morgan fingerprint density at radius 2 is 1.74 bits per heavy atom. The van der Waals surface area contributed by atoms with Crippen molar-refractivity contribution < 1.29 is 48.3 Å². The topological polar surface area (TPSA) is 149 Å². The number of ketones is 1. The number of amides is 1. The summed E-state index contributed by atoms with van der Waals surface area (Å²) in [5, 5.41) is 20.5. The van der Waals surface area contributed by atoms with E-state index in [1.54, 1.807) is 44.6 Å². The van der Waals surface area contributed by atoms with Crippen LogP contribution in [0.2, 0.25) is 0 Å². The maximum Gasteiger partial charge on any atom is 0.341 e. The number of esters is 1. The van der Waals surface area contributed by atoms with Crippen LogP contribution in [0.5, 0.6) is 17.2 Å². The maximum absolute atomic E-state index is 13.9. The summed E-state index contributed by atoms with van der Waals surface area (Å²) in [6.45, 7) is 1.59. The van der Waals surface area contributed by atoms with Crippen LogP contribution in [0.4, 0.5) is 0 Å².